The van der Waals surface area contributed by atoms with Gasteiger partial charge in [0, 0.05) is 18.4 Å². The Bertz CT molecular complexity index is 226. The van der Waals surface area contributed by atoms with Gasteiger partial charge in [-0.05, 0) is 31.5 Å². The lowest BCUT2D eigenvalue weighted by Gasteiger charge is -2.09. The normalized spacial score (nSPS) is 12.8. The van der Waals surface area contributed by atoms with Gasteiger partial charge in [-0.3, -0.25) is 4.98 Å². The molecule has 2 N–H and O–H groups in total. The van der Waals surface area contributed by atoms with Crippen LogP contribution >= 0.6 is 0 Å². The molecule has 1 aromatic heterocycles. The molecule has 0 bridgehead atoms. The summed E-state index contributed by atoms with van der Waals surface area (Å²) in [4.78, 5) is 4.03. The van der Waals surface area contributed by atoms with Crippen LogP contribution in [0.4, 0.5) is 0 Å². The topological polar surface area (TPSA) is 45.1 Å². The molecule has 0 fully saturated rings. The highest BCUT2D eigenvalue weighted by Crippen LogP contribution is 1.95. The Balaban J connectivity index is 2.20. The Morgan fingerprint density at radius 2 is 2.46 bits per heavy atom. The fraction of sp³-hybridized carbons (Fsp3) is 0.500. The van der Waals surface area contributed by atoms with Crippen LogP contribution in [0.15, 0.2) is 24.5 Å². The summed E-state index contributed by atoms with van der Waals surface area (Å²) in [6, 6.07) is 4.17. The molecule has 13 heavy (non-hydrogen) atoms. The third-order valence-corrected chi connectivity index (χ3v) is 1.90. The van der Waals surface area contributed by atoms with E-state index in [-0.39, 0.29) is 12.6 Å². The van der Waals surface area contributed by atoms with Crippen molar-refractivity contribution in [3.63, 3.8) is 0 Å². The van der Waals surface area contributed by atoms with E-state index in [0.717, 1.165) is 13.0 Å². The van der Waals surface area contributed by atoms with Gasteiger partial charge < -0.3 is 10.4 Å². The number of pyridine rings is 1. The number of hydrogen-bond donors (Lipinski definition) is 2. The van der Waals surface area contributed by atoms with Gasteiger partial charge in [0.25, 0.3) is 0 Å². The van der Waals surface area contributed by atoms with Gasteiger partial charge in [-0.15, -0.1) is 0 Å². The summed E-state index contributed by atoms with van der Waals surface area (Å²) in [7, 11) is 0. The first-order valence-electron chi connectivity index (χ1n) is 4.56. The molecule has 1 unspecified atom stereocenters. The number of nitrogens with one attached hydrogen (secondary N) is 1. The van der Waals surface area contributed by atoms with E-state index >= 15 is 0 Å². The molecule has 0 aliphatic heterocycles. The number of nitrogens with zero attached hydrogens (tertiary/aromatic N) is 1. The first-order valence-corrected chi connectivity index (χ1v) is 4.56. The molecule has 0 aromatic carbocycles. The minimum absolute atomic E-state index is 0.177. The highest BCUT2D eigenvalue weighted by molar-refractivity contribution is 5.08. The first kappa shape index (κ1) is 10.2. The summed E-state index contributed by atoms with van der Waals surface area (Å²) in [5.74, 6) is 0. The molecule has 0 saturated carbocycles. The number of rotatable bonds is 5. The molecule has 0 saturated heterocycles. The van der Waals surface area contributed by atoms with Gasteiger partial charge in [-0.1, -0.05) is 6.07 Å². The van der Waals surface area contributed by atoms with Gasteiger partial charge in [0.15, 0.2) is 0 Å². The third kappa shape index (κ3) is 4.01. The third-order valence-electron chi connectivity index (χ3n) is 1.90. The zero-order valence-electron chi connectivity index (χ0n) is 7.90. The number of hydrogen-bond acceptors (Lipinski definition) is 3. The molecule has 3 heteroatoms. The Hall–Kier alpha value is -0.930. The van der Waals surface area contributed by atoms with E-state index in [1.165, 1.54) is 5.56 Å². The SMILES string of the molecule is CC(CO)NCCc1cccnc1. The van der Waals surface area contributed by atoms with E-state index in [9.17, 15) is 0 Å². The summed E-state index contributed by atoms with van der Waals surface area (Å²) in [5.41, 5.74) is 1.22. The van der Waals surface area contributed by atoms with E-state index < -0.39 is 0 Å². The second-order valence-corrected chi connectivity index (χ2v) is 3.15. The quantitative estimate of drug-likeness (QED) is 0.697. The maximum absolute atomic E-state index is 8.76. The summed E-state index contributed by atoms with van der Waals surface area (Å²) in [6.07, 6.45) is 4.59. The van der Waals surface area contributed by atoms with Crippen molar-refractivity contribution in [1.29, 1.82) is 0 Å². The van der Waals surface area contributed by atoms with Crippen molar-refractivity contribution < 1.29 is 5.11 Å². The molecule has 1 aromatic rings. The Morgan fingerprint density at radius 3 is 3.08 bits per heavy atom. The molecule has 0 aliphatic rings. The van der Waals surface area contributed by atoms with E-state index in [0.29, 0.717) is 0 Å². The lowest BCUT2D eigenvalue weighted by molar-refractivity contribution is 0.252. The number of aliphatic hydroxyl groups is 1. The minimum Gasteiger partial charge on any atom is -0.395 e. The summed E-state index contributed by atoms with van der Waals surface area (Å²) >= 11 is 0. The Morgan fingerprint density at radius 1 is 1.62 bits per heavy atom. The van der Waals surface area contributed by atoms with Crippen molar-refractivity contribution in [1.82, 2.24) is 10.3 Å². The van der Waals surface area contributed by atoms with Crippen LogP contribution in [0.5, 0.6) is 0 Å². The molecule has 0 spiro atoms. The lowest BCUT2D eigenvalue weighted by atomic mass is 10.2. The highest BCUT2D eigenvalue weighted by Gasteiger charge is 1.97. The van der Waals surface area contributed by atoms with E-state index in [4.69, 9.17) is 5.11 Å². The van der Waals surface area contributed by atoms with Crippen LogP contribution in [0.1, 0.15) is 12.5 Å². The van der Waals surface area contributed by atoms with Gasteiger partial charge in [0.1, 0.15) is 0 Å². The van der Waals surface area contributed by atoms with Crippen molar-refractivity contribution in [3.05, 3.63) is 30.1 Å². The van der Waals surface area contributed by atoms with Crippen LogP contribution in [0.2, 0.25) is 0 Å². The van der Waals surface area contributed by atoms with Gasteiger partial charge in [0.05, 0.1) is 6.61 Å². The molecule has 0 aliphatic carbocycles. The molecule has 1 rings (SSSR count). The first-order chi connectivity index (χ1) is 6.33. The van der Waals surface area contributed by atoms with E-state index in [1.807, 2.05) is 19.2 Å². The molecule has 1 atom stereocenters. The Labute approximate surface area is 78.8 Å². The molecule has 3 nitrogen and oxygen atoms in total. The fourth-order valence-corrected chi connectivity index (χ4v) is 1.07. The largest absolute Gasteiger partial charge is 0.395 e. The van der Waals surface area contributed by atoms with E-state index in [1.54, 1.807) is 6.20 Å². The molecular formula is C10H16N2O. The lowest BCUT2D eigenvalue weighted by Crippen LogP contribution is -2.30. The predicted octanol–water partition coefficient (Wildman–Crippen LogP) is 0.594. The fourth-order valence-electron chi connectivity index (χ4n) is 1.07. The zero-order valence-corrected chi connectivity index (χ0v) is 7.90. The van der Waals surface area contributed by atoms with Gasteiger partial charge >= 0.3 is 0 Å². The molecule has 1 heterocycles. The second-order valence-electron chi connectivity index (χ2n) is 3.15. The summed E-state index contributed by atoms with van der Waals surface area (Å²) in [5, 5.41) is 12.0. The van der Waals surface area contributed by atoms with Gasteiger partial charge in [-0.25, -0.2) is 0 Å². The second kappa shape index (κ2) is 5.67. The van der Waals surface area contributed by atoms with Crippen LogP contribution in [-0.2, 0) is 6.42 Å². The van der Waals surface area contributed by atoms with Crippen LogP contribution in [0.3, 0.4) is 0 Å². The van der Waals surface area contributed by atoms with Crippen LogP contribution < -0.4 is 5.32 Å². The molecule has 0 amide bonds. The van der Waals surface area contributed by atoms with Crippen molar-refractivity contribution in [2.75, 3.05) is 13.2 Å². The van der Waals surface area contributed by atoms with Crippen molar-refractivity contribution in [2.45, 2.75) is 19.4 Å². The average Bonchev–Trinajstić information content (AvgIpc) is 2.19. The average molecular weight is 180 g/mol. The predicted molar refractivity (Wildman–Crippen MR) is 52.5 cm³/mol. The zero-order chi connectivity index (χ0) is 9.52. The molecule has 72 valence electrons. The number of aromatic nitrogens is 1. The minimum atomic E-state index is 0.177. The van der Waals surface area contributed by atoms with Crippen LogP contribution in [0.25, 0.3) is 0 Å². The highest BCUT2D eigenvalue weighted by atomic mass is 16.3. The van der Waals surface area contributed by atoms with Crippen molar-refractivity contribution in [3.8, 4) is 0 Å². The maximum atomic E-state index is 8.76. The van der Waals surface area contributed by atoms with Crippen molar-refractivity contribution >= 4 is 0 Å². The Kier molecular flexibility index (Phi) is 4.43. The monoisotopic (exact) mass is 180 g/mol. The molecule has 0 radical (unpaired) electrons. The maximum Gasteiger partial charge on any atom is 0.0581 e. The van der Waals surface area contributed by atoms with E-state index in [2.05, 4.69) is 16.4 Å². The van der Waals surface area contributed by atoms with Gasteiger partial charge in [-0.2, -0.15) is 0 Å². The standard InChI is InChI=1S/C10H16N2O/c1-9(8-13)12-6-4-10-3-2-5-11-7-10/h2-3,5,7,9,12-13H,4,6,8H2,1H3. The summed E-state index contributed by atoms with van der Waals surface area (Å²) in [6.45, 7) is 3.03. The van der Waals surface area contributed by atoms with Gasteiger partial charge in [0.2, 0.25) is 0 Å². The molecular weight excluding hydrogens is 164 g/mol. The number of aliphatic hydroxyl groups excluding tert-OH is 1. The van der Waals surface area contributed by atoms with Crippen LogP contribution in [-0.4, -0.2) is 29.3 Å². The van der Waals surface area contributed by atoms with Crippen LogP contribution in [0, 0.1) is 0 Å². The smallest absolute Gasteiger partial charge is 0.0581 e. The summed E-state index contributed by atoms with van der Waals surface area (Å²) < 4.78 is 0. The van der Waals surface area contributed by atoms with Crippen molar-refractivity contribution in [2.24, 2.45) is 0 Å².